The zero-order valence-corrected chi connectivity index (χ0v) is 14.7. The molecule has 1 aromatic carbocycles. The Morgan fingerprint density at radius 2 is 2.07 bits per heavy atom. The topological polar surface area (TPSA) is 98.9 Å². The van der Waals surface area contributed by atoms with E-state index in [1.807, 2.05) is 12.1 Å². The molecule has 0 bridgehead atoms. The highest BCUT2D eigenvalue weighted by Gasteiger charge is 2.40. The number of aliphatic hydroxyl groups is 2. The van der Waals surface area contributed by atoms with Crippen LogP contribution >= 0.6 is 0 Å². The molecule has 2 aliphatic rings. The van der Waals surface area contributed by atoms with Gasteiger partial charge in [-0.05, 0) is 48.1 Å². The van der Waals surface area contributed by atoms with E-state index in [4.69, 9.17) is 14.3 Å². The van der Waals surface area contributed by atoms with E-state index in [-0.39, 0.29) is 13.2 Å². The first-order chi connectivity index (χ1) is 13.1. The Bertz CT molecular complexity index is 786. The Balaban J connectivity index is 1.36. The summed E-state index contributed by atoms with van der Waals surface area (Å²) < 4.78 is 24.2. The summed E-state index contributed by atoms with van der Waals surface area (Å²) in [7, 11) is 0. The van der Waals surface area contributed by atoms with Gasteiger partial charge in [-0.1, -0.05) is 17.0 Å². The van der Waals surface area contributed by atoms with Crippen molar-refractivity contribution in [1.82, 2.24) is 15.2 Å². The van der Waals surface area contributed by atoms with Gasteiger partial charge >= 0.3 is 0 Å². The van der Waals surface area contributed by atoms with Gasteiger partial charge in [0.05, 0.1) is 12.8 Å². The molecule has 2 aromatic rings. The molecule has 0 radical (unpaired) electrons. The summed E-state index contributed by atoms with van der Waals surface area (Å²) in [6, 6.07) is 6.08. The Labute approximate surface area is 155 Å². The molecule has 2 N–H and O–H groups in total. The first-order valence-corrected chi connectivity index (χ1v) is 9.05. The summed E-state index contributed by atoms with van der Waals surface area (Å²) in [5.41, 5.74) is 3.11. The van der Waals surface area contributed by atoms with Crippen LogP contribution in [0.3, 0.4) is 0 Å². The van der Waals surface area contributed by atoms with E-state index in [9.17, 15) is 14.6 Å². The van der Waals surface area contributed by atoms with Crippen LogP contribution in [-0.2, 0) is 24.2 Å². The molecule has 0 amide bonds. The molecular formula is C18H22FN3O5. The van der Waals surface area contributed by atoms with Crippen LogP contribution < -0.4 is 9.57 Å². The second-order valence-electron chi connectivity index (χ2n) is 6.81. The molecule has 8 nitrogen and oxygen atoms in total. The van der Waals surface area contributed by atoms with Crippen molar-refractivity contribution < 1.29 is 28.9 Å². The molecule has 4 rings (SSSR count). The van der Waals surface area contributed by atoms with Gasteiger partial charge in [0.15, 0.2) is 6.17 Å². The molecule has 1 aliphatic heterocycles. The lowest BCUT2D eigenvalue weighted by molar-refractivity contribution is -0.264. The molecule has 1 fully saturated rings. The van der Waals surface area contributed by atoms with Gasteiger partial charge in [0.2, 0.25) is 0 Å². The number of halogens is 1. The summed E-state index contributed by atoms with van der Waals surface area (Å²) in [5, 5.41) is 27.1. The lowest BCUT2D eigenvalue weighted by Crippen LogP contribution is -2.54. The maximum absolute atomic E-state index is 13.3. The van der Waals surface area contributed by atoms with Crippen LogP contribution in [0.25, 0.3) is 0 Å². The molecule has 9 heteroatoms. The minimum Gasteiger partial charge on any atom is -0.487 e. The number of hydrogen-bond acceptors (Lipinski definition) is 7. The van der Waals surface area contributed by atoms with Crippen molar-refractivity contribution in [3.63, 3.8) is 0 Å². The first-order valence-electron chi connectivity index (χ1n) is 9.05. The van der Waals surface area contributed by atoms with E-state index in [1.165, 1.54) is 23.7 Å². The molecule has 4 atom stereocenters. The summed E-state index contributed by atoms with van der Waals surface area (Å²) in [6.45, 7) is -0.157. The maximum Gasteiger partial charge on any atom is 0.255 e. The quantitative estimate of drug-likeness (QED) is 0.784. The molecule has 0 spiro atoms. The zero-order chi connectivity index (χ0) is 18.8. The molecule has 0 unspecified atom stereocenters. The van der Waals surface area contributed by atoms with Crippen molar-refractivity contribution in [2.24, 2.45) is 0 Å². The van der Waals surface area contributed by atoms with E-state index >= 15 is 0 Å². The van der Waals surface area contributed by atoms with Crippen molar-refractivity contribution >= 4 is 0 Å². The van der Waals surface area contributed by atoms with Crippen LogP contribution in [0.2, 0.25) is 0 Å². The smallest absolute Gasteiger partial charge is 0.255 e. The highest BCUT2D eigenvalue weighted by Crippen LogP contribution is 2.29. The lowest BCUT2D eigenvalue weighted by Gasteiger charge is -2.32. The predicted octanol–water partition coefficient (Wildman–Crippen LogP) is 0.581. The third-order valence-corrected chi connectivity index (χ3v) is 4.88. The van der Waals surface area contributed by atoms with E-state index in [0.717, 1.165) is 29.9 Å². The molecule has 1 aromatic heterocycles. The monoisotopic (exact) mass is 379 g/mol. The van der Waals surface area contributed by atoms with Crippen LogP contribution in [0.15, 0.2) is 24.4 Å². The molecule has 146 valence electrons. The van der Waals surface area contributed by atoms with Gasteiger partial charge in [0, 0.05) is 0 Å². The van der Waals surface area contributed by atoms with Gasteiger partial charge < -0.3 is 24.5 Å². The highest BCUT2D eigenvalue weighted by atomic mass is 19.1. The standard InChI is InChI=1S/C18H22FN3O5/c19-14-10-26-18(17(24)16(14)23)27-22-8-12(20-21-22)9-25-15-7-3-5-11-4-1-2-6-13(11)15/h3,5,7-8,14,16-18,23-24H,1-2,4,6,9-10H2/t14-,16+,17-,18+/m1/s1. The van der Waals surface area contributed by atoms with E-state index in [2.05, 4.69) is 16.4 Å². The summed E-state index contributed by atoms with van der Waals surface area (Å²) >= 11 is 0. The number of ether oxygens (including phenoxy) is 2. The number of aryl methyl sites for hydroxylation is 1. The van der Waals surface area contributed by atoms with E-state index < -0.39 is 24.7 Å². The number of aromatic nitrogens is 3. The fourth-order valence-corrected chi connectivity index (χ4v) is 3.39. The summed E-state index contributed by atoms with van der Waals surface area (Å²) in [5.74, 6) is 0.853. The normalized spacial score (nSPS) is 27.8. The van der Waals surface area contributed by atoms with E-state index in [0.29, 0.717) is 5.69 Å². The number of nitrogens with zero attached hydrogens (tertiary/aromatic N) is 3. The molecule has 27 heavy (non-hydrogen) atoms. The highest BCUT2D eigenvalue weighted by molar-refractivity contribution is 5.41. The Hall–Kier alpha value is -2.23. The number of rotatable bonds is 5. The van der Waals surface area contributed by atoms with Gasteiger partial charge in [-0.25, -0.2) is 4.39 Å². The average molecular weight is 379 g/mol. The Morgan fingerprint density at radius 3 is 2.96 bits per heavy atom. The molecule has 1 aliphatic carbocycles. The minimum absolute atomic E-state index is 0.211. The third-order valence-electron chi connectivity index (χ3n) is 4.88. The Morgan fingerprint density at radius 1 is 1.22 bits per heavy atom. The number of hydrogen-bond donors (Lipinski definition) is 2. The van der Waals surface area contributed by atoms with Crippen LogP contribution in [-0.4, -0.2) is 56.6 Å². The van der Waals surface area contributed by atoms with E-state index in [1.54, 1.807) is 0 Å². The fraction of sp³-hybridized carbons (Fsp3) is 0.556. The fourth-order valence-electron chi connectivity index (χ4n) is 3.39. The van der Waals surface area contributed by atoms with Crippen molar-refractivity contribution in [1.29, 1.82) is 0 Å². The summed E-state index contributed by atoms with van der Waals surface area (Å²) in [4.78, 5) is 6.31. The largest absolute Gasteiger partial charge is 0.487 e. The lowest BCUT2D eigenvalue weighted by atomic mass is 9.91. The second kappa shape index (κ2) is 7.79. The van der Waals surface area contributed by atoms with Crippen molar-refractivity contribution in [2.45, 2.75) is 57.0 Å². The van der Waals surface area contributed by atoms with Crippen molar-refractivity contribution in [3.05, 3.63) is 41.2 Å². The number of fused-ring (bicyclic) bond motifs is 1. The number of benzene rings is 1. The van der Waals surface area contributed by atoms with Crippen molar-refractivity contribution in [2.75, 3.05) is 6.61 Å². The predicted molar refractivity (Wildman–Crippen MR) is 90.7 cm³/mol. The zero-order valence-electron chi connectivity index (χ0n) is 14.7. The Kier molecular flexibility index (Phi) is 5.24. The van der Waals surface area contributed by atoms with Crippen LogP contribution in [0.1, 0.15) is 29.7 Å². The van der Waals surface area contributed by atoms with Gasteiger partial charge in [0.25, 0.3) is 6.29 Å². The van der Waals surface area contributed by atoms with Crippen molar-refractivity contribution in [3.8, 4) is 5.75 Å². The van der Waals surface area contributed by atoms with Gasteiger partial charge in [-0.3, -0.25) is 0 Å². The second-order valence-corrected chi connectivity index (χ2v) is 6.81. The molecule has 0 saturated carbocycles. The van der Waals surface area contributed by atoms with Gasteiger partial charge in [-0.2, -0.15) is 0 Å². The third kappa shape index (κ3) is 3.90. The van der Waals surface area contributed by atoms with Gasteiger partial charge in [0.1, 0.15) is 30.3 Å². The molecular weight excluding hydrogens is 357 g/mol. The summed E-state index contributed by atoms with van der Waals surface area (Å²) in [6.07, 6.45) is -0.0453. The SMILES string of the molecule is O[C@@H]1[C@@H](O)[C@H](On2cc(COc3cccc4c3CCCC4)nn2)OC[C@H]1F. The average Bonchev–Trinajstić information content (AvgIpc) is 3.14. The molecule has 2 heterocycles. The number of aliphatic hydroxyl groups excluding tert-OH is 2. The first kappa shape index (κ1) is 18.1. The van der Waals surface area contributed by atoms with Crippen LogP contribution in [0, 0.1) is 0 Å². The van der Waals surface area contributed by atoms with Crippen LogP contribution in [0.4, 0.5) is 4.39 Å². The molecule has 1 saturated heterocycles. The maximum atomic E-state index is 13.3. The van der Waals surface area contributed by atoms with Crippen LogP contribution in [0.5, 0.6) is 5.75 Å². The minimum atomic E-state index is -1.66. The van der Waals surface area contributed by atoms with Gasteiger partial charge in [-0.15, -0.1) is 5.10 Å². The number of alkyl halides is 1.